The summed E-state index contributed by atoms with van der Waals surface area (Å²) in [5.41, 5.74) is -1.72. The predicted molar refractivity (Wildman–Crippen MR) is 78.0 cm³/mol. The summed E-state index contributed by atoms with van der Waals surface area (Å²) in [4.78, 5) is 25.2. The van der Waals surface area contributed by atoms with Gasteiger partial charge in [0.15, 0.2) is 0 Å². The van der Waals surface area contributed by atoms with Gasteiger partial charge >= 0.3 is 5.69 Å². The monoisotopic (exact) mass is 287 g/mol. The van der Waals surface area contributed by atoms with E-state index in [1.54, 1.807) is 0 Å². The first-order chi connectivity index (χ1) is 12.6. The molecule has 2 heterocycles. The molecule has 0 saturated carbocycles. The van der Waals surface area contributed by atoms with Gasteiger partial charge in [0.1, 0.15) is 5.65 Å². The Morgan fingerprint density at radius 2 is 2.30 bits per heavy atom. The van der Waals surface area contributed by atoms with E-state index in [-0.39, 0.29) is 36.8 Å². The quantitative estimate of drug-likeness (QED) is 0.818. The highest BCUT2D eigenvalue weighted by molar-refractivity contribution is 5.75. The van der Waals surface area contributed by atoms with Gasteiger partial charge in [-0.3, -0.25) is 13.9 Å². The van der Waals surface area contributed by atoms with Gasteiger partial charge in [0.2, 0.25) is 0 Å². The summed E-state index contributed by atoms with van der Waals surface area (Å²) >= 11 is 0. The molecule has 1 unspecified atom stereocenters. The van der Waals surface area contributed by atoms with Crippen LogP contribution in [0.25, 0.3) is 11.0 Å². The summed E-state index contributed by atoms with van der Waals surface area (Å²) in [6.45, 7) is -5.72. The number of rotatable bonds is 5. The Bertz CT molecular complexity index is 997. The van der Waals surface area contributed by atoms with Crippen LogP contribution in [0.15, 0.2) is 21.8 Å². The summed E-state index contributed by atoms with van der Waals surface area (Å²) in [7, 11) is 1.29. The number of hydrogen-bond acceptors (Lipinski definition) is 3. The Kier molecular flexibility index (Phi) is 2.06. The van der Waals surface area contributed by atoms with Gasteiger partial charge in [-0.1, -0.05) is 0 Å². The van der Waals surface area contributed by atoms with E-state index >= 15 is 0 Å². The number of fused-ring (bicyclic) bond motifs is 1. The molecule has 0 amide bonds. The molecular formula is C14H21N3O3. The van der Waals surface area contributed by atoms with E-state index in [0.717, 1.165) is 15.2 Å². The average molecular weight is 287 g/mol. The second kappa shape index (κ2) is 5.66. The van der Waals surface area contributed by atoms with Crippen LogP contribution in [0.2, 0.25) is 0 Å². The van der Waals surface area contributed by atoms with E-state index in [4.69, 9.17) is 11.0 Å². The van der Waals surface area contributed by atoms with Gasteiger partial charge in [0, 0.05) is 35.0 Å². The van der Waals surface area contributed by atoms with E-state index in [1.165, 1.54) is 7.05 Å². The first-order valence-electron chi connectivity index (χ1n) is 10.1. The minimum absolute atomic E-state index is 0.0754. The molecule has 110 valence electrons. The second-order valence-corrected chi connectivity index (χ2v) is 4.55. The molecule has 0 fully saturated rings. The lowest BCUT2D eigenvalue weighted by Crippen LogP contribution is -2.39. The normalized spacial score (nSPS) is 21.7. The van der Waals surface area contributed by atoms with Crippen molar-refractivity contribution in [1.29, 1.82) is 0 Å². The number of unbranched alkanes of at least 4 members (excludes halogenated alkanes) is 1. The van der Waals surface area contributed by atoms with Crippen LogP contribution in [0, 0.1) is 0 Å². The smallest absolute Gasteiger partial charge is 0.332 e. The van der Waals surface area contributed by atoms with Gasteiger partial charge in [-0.2, -0.15) is 0 Å². The average Bonchev–Trinajstić information content (AvgIpc) is 2.88. The molecule has 6 nitrogen and oxygen atoms in total. The summed E-state index contributed by atoms with van der Waals surface area (Å²) in [5, 5.41) is 9.55. The molecule has 0 radical (unpaired) electrons. The lowest BCUT2D eigenvalue weighted by Gasteiger charge is -2.10. The molecule has 1 atom stereocenters. The Labute approximate surface area is 128 Å². The van der Waals surface area contributed by atoms with E-state index < -0.39 is 37.3 Å². The molecule has 0 aromatic carbocycles. The van der Waals surface area contributed by atoms with E-state index in [0.29, 0.717) is 4.57 Å². The van der Waals surface area contributed by atoms with Crippen molar-refractivity contribution in [2.75, 3.05) is 0 Å². The number of aryl methyl sites for hydroxylation is 2. The Hall–Kier alpha value is -1.82. The van der Waals surface area contributed by atoms with Crippen molar-refractivity contribution >= 4 is 11.0 Å². The molecule has 2 aromatic heterocycles. The Morgan fingerprint density at radius 3 is 3.00 bits per heavy atom. The molecule has 2 rings (SSSR count). The van der Waals surface area contributed by atoms with Crippen LogP contribution in [-0.4, -0.2) is 24.9 Å². The third kappa shape index (κ3) is 2.56. The van der Waals surface area contributed by atoms with Crippen molar-refractivity contribution in [1.82, 2.24) is 13.7 Å². The van der Waals surface area contributed by atoms with Gasteiger partial charge in [-0.25, -0.2) is 4.79 Å². The van der Waals surface area contributed by atoms with Crippen molar-refractivity contribution in [3.05, 3.63) is 33.1 Å². The third-order valence-electron chi connectivity index (χ3n) is 3.15. The van der Waals surface area contributed by atoms with E-state index in [2.05, 4.69) is 0 Å². The van der Waals surface area contributed by atoms with Gasteiger partial charge < -0.3 is 9.67 Å². The summed E-state index contributed by atoms with van der Waals surface area (Å²) in [6.07, 6.45) is -3.20. The van der Waals surface area contributed by atoms with Crippen molar-refractivity contribution in [3.8, 4) is 0 Å². The van der Waals surface area contributed by atoms with Crippen molar-refractivity contribution in [2.45, 2.75) is 38.7 Å². The maximum absolute atomic E-state index is 12.6. The fourth-order valence-corrected chi connectivity index (χ4v) is 2.13. The number of aromatic nitrogens is 3. The lowest BCUT2D eigenvalue weighted by atomic mass is 10.2. The maximum Gasteiger partial charge on any atom is 0.332 e. The molecule has 0 saturated heterocycles. The molecule has 2 aromatic rings. The predicted octanol–water partition coefficient (Wildman–Crippen LogP) is 0.590. The molecule has 20 heavy (non-hydrogen) atoms. The van der Waals surface area contributed by atoms with Crippen LogP contribution in [0.1, 0.15) is 37.1 Å². The molecule has 1 N–H and O–H groups in total. The SMILES string of the molecule is [2H]c1cc2c(=O)n(CCCCC([2H])(O)C([2H])([2H])[2H])c(=O)n(C)c2n1C([2H])([2H])[2H]. The Morgan fingerprint density at radius 1 is 1.50 bits per heavy atom. The zero-order valence-corrected chi connectivity index (χ0v) is 11.0. The fourth-order valence-electron chi connectivity index (χ4n) is 2.13. The Balaban J connectivity index is 2.36. The zero-order chi connectivity index (χ0) is 21.7. The minimum atomic E-state index is -2.87. The standard InChI is InChI=1S/C14H21N3O3/c1-10(18)6-4-5-8-17-13(19)11-7-9-15(2)12(11)16(3)14(17)20/h7,9-10,18H,4-6,8H2,1-3H3/i1D3,2D3,9D,10D. The summed E-state index contributed by atoms with van der Waals surface area (Å²) < 4.78 is 61.6. The van der Waals surface area contributed by atoms with Crippen molar-refractivity contribution in [2.24, 2.45) is 14.0 Å². The highest BCUT2D eigenvalue weighted by atomic mass is 16.3. The molecule has 0 aliphatic rings. The maximum atomic E-state index is 12.6. The molecule has 6 heteroatoms. The highest BCUT2D eigenvalue weighted by Gasteiger charge is 2.12. The van der Waals surface area contributed by atoms with Crippen molar-refractivity contribution < 1.29 is 16.1 Å². The van der Waals surface area contributed by atoms with Crippen LogP contribution in [0.3, 0.4) is 0 Å². The molecule has 0 bridgehead atoms. The number of nitrogens with zero attached hydrogens (tertiary/aromatic N) is 3. The number of aliphatic hydroxyl groups is 1. The zero-order valence-electron chi connectivity index (χ0n) is 19.0. The van der Waals surface area contributed by atoms with E-state index in [1.807, 2.05) is 0 Å². The van der Waals surface area contributed by atoms with Crippen LogP contribution < -0.4 is 11.2 Å². The number of hydrogen-bond donors (Lipinski definition) is 1. The highest BCUT2D eigenvalue weighted by Crippen LogP contribution is 2.07. The van der Waals surface area contributed by atoms with E-state index in [9.17, 15) is 14.7 Å². The van der Waals surface area contributed by atoms with Crippen LogP contribution in [0.5, 0.6) is 0 Å². The molecule has 0 spiro atoms. The minimum Gasteiger partial charge on any atom is -0.393 e. The summed E-state index contributed by atoms with van der Waals surface area (Å²) in [5.74, 6) is 0. The summed E-state index contributed by atoms with van der Waals surface area (Å²) in [6, 6.07) is 1.08. The largest absolute Gasteiger partial charge is 0.393 e. The van der Waals surface area contributed by atoms with Crippen LogP contribution >= 0.6 is 0 Å². The topological polar surface area (TPSA) is 69.2 Å². The van der Waals surface area contributed by atoms with Crippen LogP contribution in [-0.2, 0) is 20.6 Å². The van der Waals surface area contributed by atoms with Gasteiger partial charge in [0.25, 0.3) is 5.56 Å². The van der Waals surface area contributed by atoms with Gasteiger partial charge in [-0.15, -0.1) is 0 Å². The van der Waals surface area contributed by atoms with Crippen LogP contribution in [0.4, 0.5) is 0 Å². The third-order valence-corrected chi connectivity index (χ3v) is 3.15. The lowest BCUT2D eigenvalue weighted by molar-refractivity contribution is 0.180. The molecular weight excluding hydrogens is 258 g/mol. The van der Waals surface area contributed by atoms with Crippen molar-refractivity contribution in [3.63, 3.8) is 0 Å². The van der Waals surface area contributed by atoms with Gasteiger partial charge in [0.05, 0.1) is 14.2 Å². The first kappa shape index (κ1) is 7.26. The van der Waals surface area contributed by atoms with Gasteiger partial charge in [-0.05, 0) is 32.2 Å². The fraction of sp³-hybridized carbons (Fsp3) is 0.571. The second-order valence-electron chi connectivity index (χ2n) is 4.55. The first-order valence-corrected chi connectivity index (χ1v) is 6.14. The molecule has 0 aliphatic carbocycles. The molecule has 0 aliphatic heterocycles.